The Bertz CT molecular complexity index is 1050. The lowest BCUT2D eigenvalue weighted by Crippen LogP contribution is -2.23. The molecule has 3 aromatic rings. The lowest BCUT2D eigenvalue weighted by atomic mass is 10.1. The minimum absolute atomic E-state index is 0.0181. The molecule has 1 N–H and O–H groups in total. The molecule has 2 heterocycles. The van der Waals surface area contributed by atoms with Gasteiger partial charge < -0.3 is 4.74 Å². The van der Waals surface area contributed by atoms with Gasteiger partial charge in [0.05, 0.1) is 17.2 Å². The van der Waals surface area contributed by atoms with Crippen LogP contribution in [0, 0.1) is 5.82 Å². The molecule has 7 nitrogen and oxygen atoms in total. The standard InChI is InChI=1S/C18H19FN4O3S/c1-3-26-18-5-4-15(9-16(18)19)27(24,25)22-11-13-8-14(12-20-10-13)17-6-7-21-23(17)2/h4-10,12,22H,3,11H2,1-2H3. The lowest BCUT2D eigenvalue weighted by molar-refractivity contribution is 0.321. The summed E-state index contributed by atoms with van der Waals surface area (Å²) in [6, 6.07) is 7.22. The van der Waals surface area contributed by atoms with E-state index in [-0.39, 0.29) is 17.2 Å². The Kier molecular flexibility index (Phi) is 5.52. The van der Waals surface area contributed by atoms with E-state index in [1.807, 2.05) is 19.2 Å². The highest BCUT2D eigenvalue weighted by Crippen LogP contribution is 2.22. The summed E-state index contributed by atoms with van der Waals surface area (Å²) in [4.78, 5) is 3.98. The average molecular weight is 390 g/mol. The third-order valence-electron chi connectivity index (χ3n) is 3.89. The second-order valence-corrected chi connectivity index (χ2v) is 7.54. The zero-order valence-electron chi connectivity index (χ0n) is 14.9. The molecular formula is C18H19FN4O3S. The molecule has 0 fully saturated rings. The van der Waals surface area contributed by atoms with Crippen molar-refractivity contribution in [1.29, 1.82) is 0 Å². The Morgan fingerprint density at radius 2 is 2.04 bits per heavy atom. The molecule has 0 unspecified atom stereocenters. The molecule has 0 bridgehead atoms. The van der Waals surface area contributed by atoms with Gasteiger partial charge in [-0.05, 0) is 42.8 Å². The van der Waals surface area contributed by atoms with Crippen molar-refractivity contribution in [2.24, 2.45) is 7.05 Å². The van der Waals surface area contributed by atoms with Crippen molar-refractivity contribution in [3.05, 3.63) is 60.3 Å². The van der Waals surface area contributed by atoms with Crippen LogP contribution in [0.5, 0.6) is 5.75 Å². The minimum Gasteiger partial charge on any atom is -0.491 e. The van der Waals surface area contributed by atoms with Gasteiger partial charge in [0.15, 0.2) is 11.6 Å². The van der Waals surface area contributed by atoms with Gasteiger partial charge in [0.1, 0.15) is 0 Å². The van der Waals surface area contributed by atoms with Crippen molar-refractivity contribution in [1.82, 2.24) is 19.5 Å². The smallest absolute Gasteiger partial charge is 0.240 e. The van der Waals surface area contributed by atoms with Gasteiger partial charge in [0, 0.05) is 37.7 Å². The highest BCUT2D eigenvalue weighted by Gasteiger charge is 2.17. The van der Waals surface area contributed by atoms with Crippen LogP contribution in [0.2, 0.25) is 0 Å². The zero-order chi connectivity index (χ0) is 19.4. The molecule has 9 heteroatoms. The first kappa shape index (κ1) is 19.0. The quantitative estimate of drug-likeness (QED) is 0.670. The highest BCUT2D eigenvalue weighted by molar-refractivity contribution is 7.89. The molecule has 1 aromatic carbocycles. The van der Waals surface area contributed by atoms with Crippen LogP contribution in [0.25, 0.3) is 11.3 Å². The molecule has 0 amide bonds. The number of aromatic nitrogens is 3. The highest BCUT2D eigenvalue weighted by atomic mass is 32.2. The molecule has 0 radical (unpaired) electrons. The summed E-state index contributed by atoms with van der Waals surface area (Å²) in [5.41, 5.74) is 2.35. The van der Waals surface area contributed by atoms with E-state index in [1.54, 1.807) is 30.2 Å². The Morgan fingerprint density at radius 3 is 2.70 bits per heavy atom. The van der Waals surface area contributed by atoms with E-state index in [0.29, 0.717) is 12.2 Å². The summed E-state index contributed by atoms with van der Waals surface area (Å²) >= 11 is 0. The van der Waals surface area contributed by atoms with E-state index in [0.717, 1.165) is 17.3 Å². The normalized spacial score (nSPS) is 11.5. The second-order valence-electron chi connectivity index (χ2n) is 5.77. The number of pyridine rings is 1. The van der Waals surface area contributed by atoms with E-state index in [4.69, 9.17) is 4.74 Å². The number of rotatable bonds is 7. The number of nitrogens with one attached hydrogen (secondary N) is 1. The van der Waals surface area contributed by atoms with Crippen LogP contribution in [0.15, 0.2) is 53.8 Å². The Morgan fingerprint density at radius 1 is 1.22 bits per heavy atom. The van der Waals surface area contributed by atoms with E-state index >= 15 is 0 Å². The summed E-state index contributed by atoms with van der Waals surface area (Å²) < 4.78 is 48.1. The number of nitrogens with zero attached hydrogens (tertiary/aromatic N) is 3. The van der Waals surface area contributed by atoms with Crippen molar-refractivity contribution in [2.45, 2.75) is 18.4 Å². The number of sulfonamides is 1. The van der Waals surface area contributed by atoms with Gasteiger partial charge in [0.25, 0.3) is 0 Å². The number of hydrogen-bond donors (Lipinski definition) is 1. The number of hydrogen-bond acceptors (Lipinski definition) is 5. The topological polar surface area (TPSA) is 86.1 Å². The molecule has 0 saturated carbocycles. The Balaban J connectivity index is 1.76. The minimum atomic E-state index is -3.88. The van der Waals surface area contributed by atoms with Gasteiger partial charge in [-0.25, -0.2) is 17.5 Å². The van der Waals surface area contributed by atoms with E-state index in [9.17, 15) is 12.8 Å². The molecule has 0 saturated heterocycles. The number of halogens is 1. The number of ether oxygens (including phenoxy) is 1. The Hall–Kier alpha value is -2.78. The SMILES string of the molecule is CCOc1ccc(S(=O)(=O)NCc2cncc(-c3ccnn3C)c2)cc1F. The third kappa shape index (κ3) is 4.32. The van der Waals surface area contributed by atoms with Gasteiger partial charge in [-0.15, -0.1) is 0 Å². The van der Waals surface area contributed by atoms with Crippen molar-refractivity contribution < 1.29 is 17.5 Å². The predicted molar refractivity (Wildman–Crippen MR) is 98.0 cm³/mol. The summed E-state index contributed by atoms with van der Waals surface area (Å²) in [6.45, 7) is 2.04. The first-order valence-electron chi connectivity index (χ1n) is 8.25. The fourth-order valence-corrected chi connectivity index (χ4v) is 3.59. The van der Waals surface area contributed by atoms with Crippen LogP contribution in [-0.4, -0.2) is 29.8 Å². The molecular weight excluding hydrogens is 371 g/mol. The van der Waals surface area contributed by atoms with Crippen LogP contribution in [-0.2, 0) is 23.6 Å². The maximum atomic E-state index is 13.9. The van der Waals surface area contributed by atoms with E-state index in [1.165, 1.54) is 12.1 Å². The average Bonchev–Trinajstić information content (AvgIpc) is 3.08. The maximum absolute atomic E-state index is 13.9. The summed E-state index contributed by atoms with van der Waals surface area (Å²) in [6.07, 6.45) is 4.92. The van der Waals surface area contributed by atoms with Crippen molar-refractivity contribution in [2.75, 3.05) is 6.61 Å². The number of benzene rings is 1. The third-order valence-corrected chi connectivity index (χ3v) is 5.29. The molecule has 0 aliphatic heterocycles. The van der Waals surface area contributed by atoms with Crippen LogP contribution >= 0.6 is 0 Å². The molecule has 3 rings (SSSR count). The zero-order valence-corrected chi connectivity index (χ0v) is 15.7. The van der Waals surface area contributed by atoms with Crippen LogP contribution in [0.3, 0.4) is 0 Å². The lowest BCUT2D eigenvalue weighted by Gasteiger charge is -2.10. The maximum Gasteiger partial charge on any atom is 0.240 e. The van der Waals surface area contributed by atoms with Crippen molar-refractivity contribution in [3.8, 4) is 17.0 Å². The molecule has 0 aliphatic carbocycles. The predicted octanol–water partition coefficient (Wildman–Crippen LogP) is 2.50. The first-order valence-corrected chi connectivity index (χ1v) is 9.73. The molecule has 0 atom stereocenters. The van der Waals surface area contributed by atoms with Gasteiger partial charge in [-0.3, -0.25) is 9.67 Å². The van der Waals surface area contributed by atoms with Crippen molar-refractivity contribution >= 4 is 10.0 Å². The Labute approximate surface area is 156 Å². The van der Waals surface area contributed by atoms with Gasteiger partial charge in [-0.1, -0.05) is 0 Å². The van der Waals surface area contributed by atoms with Gasteiger partial charge in [-0.2, -0.15) is 5.10 Å². The number of aryl methyl sites for hydroxylation is 1. The molecule has 142 valence electrons. The van der Waals surface area contributed by atoms with Crippen molar-refractivity contribution in [3.63, 3.8) is 0 Å². The molecule has 27 heavy (non-hydrogen) atoms. The van der Waals surface area contributed by atoms with Crippen LogP contribution < -0.4 is 9.46 Å². The summed E-state index contributed by atoms with van der Waals surface area (Å²) in [7, 11) is -2.07. The second kappa shape index (κ2) is 7.85. The molecule has 2 aromatic heterocycles. The fraction of sp³-hybridized carbons (Fsp3) is 0.222. The van der Waals surface area contributed by atoms with Crippen LogP contribution in [0.1, 0.15) is 12.5 Å². The van der Waals surface area contributed by atoms with E-state index < -0.39 is 15.8 Å². The fourth-order valence-electron chi connectivity index (χ4n) is 2.56. The summed E-state index contributed by atoms with van der Waals surface area (Å²) in [5.74, 6) is -0.705. The van der Waals surface area contributed by atoms with Gasteiger partial charge in [0.2, 0.25) is 10.0 Å². The first-order chi connectivity index (χ1) is 12.9. The monoisotopic (exact) mass is 390 g/mol. The van der Waals surface area contributed by atoms with Gasteiger partial charge >= 0.3 is 0 Å². The van der Waals surface area contributed by atoms with E-state index in [2.05, 4.69) is 14.8 Å². The molecule has 0 aliphatic rings. The molecule has 0 spiro atoms. The summed E-state index contributed by atoms with van der Waals surface area (Å²) in [5, 5.41) is 4.11. The van der Waals surface area contributed by atoms with Crippen LogP contribution in [0.4, 0.5) is 4.39 Å². The largest absolute Gasteiger partial charge is 0.491 e.